The van der Waals surface area contributed by atoms with Crippen LogP contribution in [0.3, 0.4) is 0 Å². The van der Waals surface area contributed by atoms with E-state index in [4.69, 9.17) is 15.5 Å². The number of guanidine groups is 1. The van der Waals surface area contributed by atoms with E-state index in [0.29, 0.717) is 5.75 Å². The van der Waals surface area contributed by atoms with Crippen molar-refractivity contribution in [3.8, 4) is 5.75 Å². The van der Waals surface area contributed by atoms with E-state index in [2.05, 4.69) is 27.5 Å². The highest BCUT2D eigenvalue weighted by Gasteiger charge is 2.29. The molecular formula is C20H30N6O2. The lowest BCUT2D eigenvalue weighted by molar-refractivity contribution is -0.123. The molecule has 0 aromatic heterocycles. The first-order valence-electron chi connectivity index (χ1n) is 9.65. The molecule has 152 valence electrons. The van der Waals surface area contributed by atoms with E-state index < -0.39 is 5.66 Å². The molecule has 1 unspecified atom stereocenters. The number of hydrogen-bond acceptors (Lipinski definition) is 7. The third kappa shape index (κ3) is 5.02. The second-order valence-electron chi connectivity index (χ2n) is 7.57. The Morgan fingerprint density at radius 3 is 2.82 bits per heavy atom. The van der Waals surface area contributed by atoms with Crippen LogP contribution in [0.5, 0.6) is 5.75 Å². The van der Waals surface area contributed by atoms with Gasteiger partial charge in [-0.1, -0.05) is 12.1 Å². The van der Waals surface area contributed by atoms with Gasteiger partial charge in [-0.15, -0.1) is 0 Å². The van der Waals surface area contributed by atoms with Crippen LogP contribution in [0, 0.1) is 0 Å². The molecule has 0 spiro atoms. The summed E-state index contributed by atoms with van der Waals surface area (Å²) in [5.41, 5.74) is 6.43. The maximum Gasteiger partial charge on any atom is 0.258 e. The number of aliphatic imine (C=N–C) groups is 1. The lowest BCUT2D eigenvalue weighted by atomic mass is 10.00. The summed E-state index contributed by atoms with van der Waals surface area (Å²) in [6.07, 6.45) is 3.67. The van der Waals surface area contributed by atoms with Gasteiger partial charge < -0.3 is 25.2 Å². The SMILES string of the molecule is CC(C)NC(=O)COc1cccc(C2(N)C=CNC(N3CCN(C)CC3)=N2)c1. The van der Waals surface area contributed by atoms with Gasteiger partial charge in [0, 0.05) is 44.0 Å². The first kappa shape index (κ1) is 20.2. The van der Waals surface area contributed by atoms with Gasteiger partial charge in [-0.05, 0) is 39.1 Å². The minimum Gasteiger partial charge on any atom is -0.484 e. The van der Waals surface area contributed by atoms with E-state index in [-0.39, 0.29) is 18.6 Å². The van der Waals surface area contributed by atoms with Gasteiger partial charge in [0.15, 0.2) is 12.3 Å². The highest BCUT2D eigenvalue weighted by molar-refractivity contribution is 5.83. The first-order valence-corrected chi connectivity index (χ1v) is 9.65. The van der Waals surface area contributed by atoms with Crippen molar-refractivity contribution in [3.05, 3.63) is 42.1 Å². The maximum absolute atomic E-state index is 11.8. The van der Waals surface area contributed by atoms with Crippen molar-refractivity contribution in [1.29, 1.82) is 0 Å². The summed E-state index contributed by atoms with van der Waals surface area (Å²) in [5, 5.41) is 6.02. The summed E-state index contributed by atoms with van der Waals surface area (Å²) in [4.78, 5) is 21.1. The van der Waals surface area contributed by atoms with Crippen molar-refractivity contribution < 1.29 is 9.53 Å². The summed E-state index contributed by atoms with van der Waals surface area (Å²) >= 11 is 0. The van der Waals surface area contributed by atoms with Crippen LogP contribution in [0.2, 0.25) is 0 Å². The second kappa shape index (κ2) is 8.62. The maximum atomic E-state index is 11.8. The van der Waals surface area contributed by atoms with Crippen molar-refractivity contribution in [2.45, 2.75) is 25.6 Å². The Kier molecular flexibility index (Phi) is 6.21. The minimum atomic E-state index is -0.983. The first-order chi connectivity index (χ1) is 13.4. The summed E-state index contributed by atoms with van der Waals surface area (Å²) in [7, 11) is 2.12. The second-order valence-corrected chi connectivity index (χ2v) is 7.57. The molecule has 2 aliphatic rings. The number of piperazine rings is 1. The fourth-order valence-corrected chi connectivity index (χ4v) is 3.18. The number of benzene rings is 1. The fourth-order valence-electron chi connectivity index (χ4n) is 3.18. The van der Waals surface area contributed by atoms with Gasteiger partial charge >= 0.3 is 0 Å². The van der Waals surface area contributed by atoms with E-state index in [1.54, 1.807) is 0 Å². The number of carbonyl (C=O) groups excluding carboxylic acids is 1. The number of likely N-dealkylation sites (N-methyl/N-ethyl adjacent to an activating group) is 1. The molecule has 8 nitrogen and oxygen atoms in total. The Labute approximate surface area is 166 Å². The molecule has 0 aliphatic carbocycles. The molecule has 8 heteroatoms. The molecule has 1 amide bonds. The smallest absolute Gasteiger partial charge is 0.258 e. The number of amides is 1. The Hall–Kier alpha value is -2.58. The largest absolute Gasteiger partial charge is 0.484 e. The molecule has 1 aromatic rings. The number of rotatable bonds is 5. The van der Waals surface area contributed by atoms with Gasteiger partial charge in [-0.2, -0.15) is 0 Å². The zero-order valence-corrected chi connectivity index (χ0v) is 16.8. The van der Waals surface area contributed by atoms with Crippen LogP contribution >= 0.6 is 0 Å². The number of ether oxygens (including phenoxy) is 1. The molecule has 1 aromatic carbocycles. The number of nitrogens with one attached hydrogen (secondary N) is 2. The average molecular weight is 387 g/mol. The van der Waals surface area contributed by atoms with Gasteiger partial charge in [0.25, 0.3) is 5.91 Å². The summed E-state index contributed by atoms with van der Waals surface area (Å²) in [6.45, 7) is 7.58. The van der Waals surface area contributed by atoms with Crippen LogP contribution in [-0.4, -0.2) is 67.5 Å². The zero-order valence-electron chi connectivity index (χ0n) is 16.8. The molecule has 0 radical (unpaired) electrons. The molecule has 1 atom stereocenters. The Morgan fingerprint density at radius 1 is 1.36 bits per heavy atom. The number of carbonyl (C=O) groups is 1. The standard InChI is InChI=1S/C20H30N6O2/c1-15(2)23-18(27)14-28-17-6-4-5-16(13-17)20(21)7-8-22-19(24-20)26-11-9-25(3)10-12-26/h4-8,13,15H,9-12,14,21H2,1-3H3,(H,22,24)(H,23,27). The Balaban J connectivity index is 1.71. The summed E-state index contributed by atoms with van der Waals surface area (Å²) < 4.78 is 5.63. The predicted molar refractivity (Wildman–Crippen MR) is 110 cm³/mol. The topological polar surface area (TPSA) is 95.2 Å². The van der Waals surface area contributed by atoms with Gasteiger partial charge in [0.2, 0.25) is 5.96 Å². The summed E-state index contributed by atoms with van der Waals surface area (Å²) in [6, 6.07) is 7.51. The van der Waals surface area contributed by atoms with E-state index in [9.17, 15) is 4.79 Å². The van der Waals surface area contributed by atoms with E-state index in [1.807, 2.05) is 50.4 Å². The number of hydrogen-bond donors (Lipinski definition) is 3. The van der Waals surface area contributed by atoms with E-state index in [1.165, 1.54) is 0 Å². The highest BCUT2D eigenvalue weighted by Crippen LogP contribution is 2.27. The predicted octanol–water partition coefficient (Wildman–Crippen LogP) is 0.422. The normalized spacial score (nSPS) is 22.6. The summed E-state index contributed by atoms with van der Waals surface area (Å²) in [5.74, 6) is 1.21. The van der Waals surface area contributed by atoms with Gasteiger partial charge in [0.05, 0.1) is 0 Å². The quantitative estimate of drug-likeness (QED) is 0.679. The van der Waals surface area contributed by atoms with Crippen LogP contribution in [0.15, 0.2) is 41.5 Å². The Morgan fingerprint density at radius 2 is 2.11 bits per heavy atom. The van der Waals surface area contributed by atoms with Crippen molar-refractivity contribution in [2.75, 3.05) is 39.8 Å². The van der Waals surface area contributed by atoms with Crippen LogP contribution in [-0.2, 0) is 10.5 Å². The zero-order chi connectivity index (χ0) is 20.1. The van der Waals surface area contributed by atoms with E-state index in [0.717, 1.165) is 37.7 Å². The Bertz CT molecular complexity index is 755. The third-order valence-corrected chi connectivity index (χ3v) is 4.76. The molecule has 1 fully saturated rings. The van der Waals surface area contributed by atoms with Crippen molar-refractivity contribution in [2.24, 2.45) is 10.7 Å². The molecule has 2 heterocycles. The van der Waals surface area contributed by atoms with Crippen molar-refractivity contribution in [3.63, 3.8) is 0 Å². The molecule has 1 saturated heterocycles. The third-order valence-electron chi connectivity index (χ3n) is 4.76. The number of nitrogens with two attached hydrogens (primary N) is 1. The van der Waals surface area contributed by atoms with Gasteiger partial charge in [0.1, 0.15) is 5.75 Å². The lowest BCUT2D eigenvalue weighted by Gasteiger charge is -2.37. The molecule has 2 aliphatic heterocycles. The van der Waals surface area contributed by atoms with Crippen LogP contribution < -0.4 is 21.1 Å². The monoisotopic (exact) mass is 386 g/mol. The van der Waals surface area contributed by atoms with Crippen LogP contribution in [0.4, 0.5) is 0 Å². The molecule has 0 bridgehead atoms. The van der Waals surface area contributed by atoms with E-state index >= 15 is 0 Å². The van der Waals surface area contributed by atoms with Gasteiger partial charge in [-0.25, -0.2) is 4.99 Å². The highest BCUT2D eigenvalue weighted by atomic mass is 16.5. The molecule has 4 N–H and O–H groups in total. The van der Waals surface area contributed by atoms with Crippen molar-refractivity contribution >= 4 is 11.9 Å². The lowest BCUT2D eigenvalue weighted by Crippen LogP contribution is -2.53. The molecule has 3 rings (SSSR count). The molecular weight excluding hydrogens is 356 g/mol. The van der Waals surface area contributed by atoms with Crippen LogP contribution in [0.1, 0.15) is 19.4 Å². The fraction of sp³-hybridized carbons (Fsp3) is 0.500. The average Bonchev–Trinajstić information content (AvgIpc) is 2.67. The van der Waals surface area contributed by atoms with Crippen molar-refractivity contribution in [1.82, 2.24) is 20.4 Å². The molecule has 0 saturated carbocycles. The minimum absolute atomic E-state index is 0.0353. The molecule has 28 heavy (non-hydrogen) atoms. The van der Waals surface area contributed by atoms with Gasteiger partial charge in [-0.3, -0.25) is 10.5 Å². The van der Waals surface area contributed by atoms with Crippen LogP contribution in [0.25, 0.3) is 0 Å². The number of nitrogens with zero attached hydrogens (tertiary/aromatic N) is 3.